The highest BCUT2D eigenvalue weighted by Crippen LogP contribution is 2.35. The van der Waals surface area contributed by atoms with Crippen molar-refractivity contribution >= 4 is 33.3 Å². The molecule has 7 nitrogen and oxygen atoms in total. The molecule has 4 heterocycles. The predicted octanol–water partition coefficient (Wildman–Crippen LogP) is 2.75. The van der Waals surface area contributed by atoms with Crippen LogP contribution in [0.25, 0.3) is 10.2 Å². The van der Waals surface area contributed by atoms with Gasteiger partial charge in [-0.15, -0.1) is 11.3 Å². The summed E-state index contributed by atoms with van der Waals surface area (Å²) in [6, 6.07) is 0.672. The van der Waals surface area contributed by atoms with Gasteiger partial charge < -0.3 is 20.0 Å². The van der Waals surface area contributed by atoms with E-state index in [1.54, 1.807) is 6.33 Å². The van der Waals surface area contributed by atoms with E-state index in [1.165, 1.54) is 37.1 Å². The molecule has 0 aliphatic carbocycles. The molecule has 1 N–H and O–H groups in total. The van der Waals surface area contributed by atoms with Crippen LogP contribution in [0, 0.1) is 6.92 Å². The Labute approximate surface area is 183 Å². The van der Waals surface area contributed by atoms with E-state index in [2.05, 4.69) is 44.0 Å². The number of rotatable bonds is 6. The Balaban J connectivity index is 1.40. The zero-order chi connectivity index (χ0) is 21.1. The minimum Gasteiger partial charge on any atom is -0.353 e. The molecule has 2 saturated heterocycles. The molecular weight excluding hydrogens is 396 g/mol. The fourth-order valence-corrected chi connectivity index (χ4v) is 5.64. The summed E-state index contributed by atoms with van der Waals surface area (Å²) in [5.41, 5.74) is 1.01. The van der Waals surface area contributed by atoms with E-state index < -0.39 is 0 Å². The van der Waals surface area contributed by atoms with Gasteiger partial charge in [0.15, 0.2) is 0 Å². The number of thiophene rings is 1. The van der Waals surface area contributed by atoms with E-state index in [1.807, 2.05) is 6.92 Å². The Morgan fingerprint density at radius 3 is 2.77 bits per heavy atom. The van der Waals surface area contributed by atoms with E-state index in [4.69, 9.17) is 0 Å². The molecule has 2 aromatic heterocycles. The van der Waals surface area contributed by atoms with Crippen LogP contribution in [0.1, 0.15) is 47.8 Å². The maximum atomic E-state index is 12.9. The molecule has 164 valence electrons. The molecule has 2 aliphatic heterocycles. The third-order valence-electron chi connectivity index (χ3n) is 6.56. The minimum atomic E-state index is 0.0199. The molecule has 1 atom stereocenters. The van der Waals surface area contributed by atoms with Crippen LogP contribution >= 0.6 is 11.3 Å². The Kier molecular flexibility index (Phi) is 6.85. The van der Waals surface area contributed by atoms with Gasteiger partial charge in [-0.25, -0.2) is 9.97 Å². The van der Waals surface area contributed by atoms with Crippen molar-refractivity contribution in [2.45, 2.75) is 45.6 Å². The van der Waals surface area contributed by atoms with Gasteiger partial charge in [0, 0.05) is 45.3 Å². The lowest BCUT2D eigenvalue weighted by Crippen LogP contribution is -2.44. The second-order valence-electron chi connectivity index (χ2n) is 8.71. The van der Waals surface area contributed by atoms with E-state index in [0.717, 1.165) is 65.6 Å². The molecule has 0 aromatic carbocycles. The fraction of sp³-hybridized carbons (Fsp3) is 0.682. The zero-order valence-corrected chi connectivity index (χ0v) is 19.3. The Morgan fingerprint density at radius 2 is 2.00 bits per heavy atom. The first-order chi connectivity index (χ1) is 14.5. The number of aryl methyl sites for hydroxylation is 1. The molecule has 2 aromatic rings. The summed E-state index contributed by atoms with van der Waals surface area (Å²) in [6.07, 6.45) is 6.57. The lowest BCUT2D eigenvalue weighted by molar-refractivity contribution is 0.0952. The summed E-state index contributed by atoms with van der Waals surface area (Å²) in [5.74, 6) is 0.992. The van der Waals surface area contributed by atoms with Gasteiger partial charge in [-0.1, -0.05) is 6.42 Å². The summed E-state index contributed by atoms with van der Waals surface area (Å²) < 4.78 is 0. The summed E-state index contributed by atoms with van der Waals surface area (Å²) >= 11 is 1.49. The number of likely N-dealkylation sites (N-methyl/N-ethyl adjacent to an activating group) is 1. The van der Waals surface area contributed by atoms with Crippen molar-refractivity contribution in [3.8, 4) is 0 Å². The average molecular weight is 431 g/mol. The highest BCUT2D eigenvalue weighted by atomic mass is 32.1. The van der Waals surface area contributed by atoms with Crippen molar-refractivity contribution in [1.82, 2.24) is 25.1 Å². The summed E-state index contributed by atoms with van der Waals surface area (Å²) in [5, 5.41) is 4.18. The minimum absolute atomic E-state index is 0.0199. The Hall–Kier alpha value is -1.77. The van der Waals surface area contributed by atoms with Crippen LogP contribution in [0.2, 0.25) is 0 Å². The van der Waals surface area contributed by atoms with Gasteiger partial charge in [-0.2, -0.15) is 0 Å². The molecule has 0 spiro atoms. The van der Waals surface area contributed by atoms with Gasteiger partial charge in [0.25, 0.3) is 5.91 Å². The molecular formula is C22H34N6OS. The second-order valence-corrected chi connectivity index (χ2v) is 9.71. The molecule has 0 unspecified atom stereocenters. The molecule has 0 bridgehead atoms. The van der Waals surface area contributed by atoms with Gasteiger partial charge >= 0.3 is 0 Å². The highest BCUT2D eigenvalue weighted by molar-refractivity contribution is 7.20. The van der Waals surface area contributed by atoms with Crippen LogP contribution in [0.3, 0.4) is 0 Å². The molecule has 2 fully saturated rings. The smallest absolute Gasteiger partial charge is 0.261 e. The number of hydrogen-bond acceptors (Lipinski definition) is 7. The topological polar surface area (TPSA) is 64.6 Å². The number of fused-ring (bicyclic) bond motifs is 1. The van der Waals surface area contributed by atoms with Crippen molar-refractivity contribution in [3.63, 3.8) is 0 Å². The van der Waals surface area contributed by atoms with Crippen molar-refractivity contribution < 1.29 is 4.79 Å². The highest BCUT2D eigenvalue weighted by Gasteiger charge is 2.24. The van der Waals surface area contributed by atoms with Crippen LogP contribution in [0.4, 0.5) is 5.82 Å². The summed E-state index contributed by atoms with van der Waals surface area (Å²) in [6.45, 7) is 11.3. The third kappa shape index (κ3) is 4.60. The van der Waals surface area contributed by atoms with E-state index in [0.29, 0.717) is 12.6 Å². The molecule has 0 saturated carbocycles. The lowest BCUT2D eigenvalue weighted by Gasteiger charge is -2.33. The van der Waals surface area contributed by atoms with Gasteiger partial charge in [0.05, 0.1) is 10.3 Å². The maximum Gasteiger partial charge on any atom is 0.261 e. The maximum absolute atomic E-state index is 12.9. The number of amides is 1. The normalized spacial score (nSPS) is 21.3. The van der Waals surface area contributed by atoms with Crippen LogP contribution in [0.5, 0.6) is 0 Å². The number of anilines is 1. The molecule has 8 heteroatoms. The van der Waals surface area contributed by atoms with Gasteiger partial charge in [-0.3, -0.25) is 4.79 Å². The SMILES string of the molecule is Cc1c(C(=O)NCCCN2CCCC[C@@H]2C)sc2ncnc(N3CCN(C)CC3)c12. The van der Waals surface area contributed by atoms with Crippen LogP contribution in [-0.2, 0) is 0 Å². The first-order valence-corrected chi connectivity index (χ1v) is 12.1. The number of nitrogens with zero attached hydrogens (tertiary/aromatic N) is 5. The number of likely N-dealkylation sites (tertiary alicyclic amines) is 1. The van der Waals surface area contributed by atoms with Crippen molar-refractivity contribution in [1.29, 1.82) is 0 Å². The van der Waals surface area contributed by atoms with Crippen LogP contribution in [-0.4, -0.2) is 84.6 Å². The number of nitrogens with one attached hydrogen (secondary N) is 1. The summed E-state index contributed by atoms with van der Waals surface area (Å²) in [4.78, 5) is 30.8. The largest absolute Gasteiger partial charge is 0.353 e. The average Bonchev–Trinajstić information content (AvgIpc) is 3.10. The van der Waals surface area contributed by atoms with Gasteiger partial charge in [0.2, 0.25) is 0 Å². The molecule has 4 rings (SSSR count). The second kappa shape index (κ2) is 9.58. The van der Waals surface area contributed by atoms with Crippen molar-refractivity contribution in [3.05, 3.63) is 16.8 Å². The number of hydrogen-bond donors (Lipinski definition) is 1. The van der Waals surface area contributed by atoms with Crippen LogP contribution < -0.4 is 10.2 Å². The predicted molar refractivity (Wildman–Crippen MR) is 124 cm³/mol. The van der Waals surface area contributed by atoms with Gasteiger partial charge in [-0.05, 0) is 52.3 Å². The van der Waals surface area contributed by atoms with Crippen molar-refractivity contribution in [2.24, 2.45) is 0 Å². The first kappa shape index (κ1) is 21.5. The Bertz CT molecular complexity index is 876. The number of carbonyl (C=O) groups is 1. The fourth-order valence-electron chi connectivity index (χ4n) is 4.58. The van der Waals surface area contributed by atoms with Crippen molar-refractivity contribution in [2.75, 3.05) is 57.8 Å². The third-order valence-corrected chi connectivity index (χ3v) is 7.76. The van der Waals surface area contributed by atoms with Gasteiger partial charge in [0.1, 0.15) is 17.0 Å². The Morgan fingerprint density at radius 1 is 1.20 bits per heavy atom. The van der Waals surface area contributed by atoms with E-state index in [-0.39, 0.29) is 5.91 Å². The number of piperazine rings is 1. The monoisotopic (exact) mass is 430 g/mol. The van der Waals surface area contributed by atoms with Crippen LogP contribution in [0.15, 0.2) is 6.33 Å². The first-order valence-electron chi connectivity index (χ1n) is 11.2. The number of aromatic nitrogens is 2. The van der Waals surface area contributed by atoms with E-state index in [9.17, 15) is 4.79 Å². The quantitative estimate of drug-likeness (QED) is 0.711. The number of piperidine rings is 1. The molecule has 1 amide bonds. The zero-order valence-electron chi connectivity index (χ0n) is 18.5. The molecule has 2 aliphatic rings. The molecule has 30 heavy (non-hydrogen) atoms. The summed E-state index contributed by atoms with van der Waals surface area (Å²) in [7, 11) is 2.15. The standard InChI is InChI=1S/C22H34N6OS/c1-16-7-4-5-9-27(16)10-6-8-23-21(29)19-17(2)18-20(24-15-25-22(18)30-19)28-13-11-26(3)12-14-28/h15-16H,4-14H2,1-3H3,(H,23,29)/t16-/m0/s1. The van der Waals surface area contributed by atoms with E-state index >= 15 is 0 Å². The number of carbonyl (C=O) groups excluding carboxylic acids is 1. The molecule has 0 radical (unpaired) electrons. The lowest BCUT2D eigenvalue weighted by atomic mass is 10.0.